The average Bonchev–Trinajstić information content (AvgIpc) is 3.34. The van der Waals surface area contributed by atoms with Gasteiger partial charge >= 0.3 is 11.9 Å². The quantitative estimate of drug-likeness (QED) is 0.271. The summed E-state index contributed by atoms with van der Waals surface area (Å²) in [7, 11) is 0. The van der Waals surface area contributed by atoms with E-state index in [1.807, 2.05) is 0 Å². The van der Waals surface area contributed by atoms with E-state index in [1.165, 1.54) is 6.92 Å². The lowest BCUT2D eigenvalue weighted by molar-refractivity contribution is -0.243. The van der Waals surface area contributed by atoms with E-state index >= 15 is 0 Å². The molecule has 10 heteroatoms. The number of hydrogen-bond acceptors (Lipinski definition) is 10. The molecule has 1 aromatic rings. The molecule has 0 unspecified atom stereocenters. The van der Waals surface area contributed by atoms with Gasteiger partial charge < -0.3 is 39.7 Å². The summed E-state index contributed by atoms with van der Waals surface area (Å²) in [5.41, 5.74) is -5.52. The Morgan fingerprint density at radius 2 is 1.74 bits per heavy atom. The summed E-state index contributed by atoms with van der Waals surface area (Å²) in [6.07, 6.45) is -7.78. The summed E-state index contributed by atoms with van der Waals surface area (Å²) in [6, 6.07) is 8.19. The third-order valence-corrected chi connectivity index (χ3v) is 9.96. The lowest BCUT2D eigenvalue weighted by atomic mass is 9.52. The Labute approximate surface area is 227 Å². The van der Waals surface area contributed by atoms with E-state index in [9.17, 15) is 35.1 Å². The summed E-state index contributed by atoms with van der Waals surface area (Å²) < 4.78 is 18.1. The maximum Gasteiger partial charge on any atom is 0.338 e. The summed E-state index contributed by atoms with van der Waals surface area (Å²) in [4.78, 5) is 25.7. The van der Waals surface area contributed by atoms with Gasteiger partial charge in [-0.25, -0.2) is 4.79 Å². The van der Waals surface area contributed by atoms with Crippen LogP contribution >= 0.6 is 0 Å². The first-order valence-electron chi connectivity index (χ1n) is 13.4. The predicted molar refractivity (Wildman–Crippen MR) is 136 cm³/mol. The number of ether oxygens (including phenoxy) is 3. The van der Waals surface area contributed by atoms with Gasteiger partial charge in [0.15, 0.2) is 0 Å². The second kappa shape index (κ2) is 9.09. The third-order valence-electron chi connectivity index (χ3n) is 9.96. The van der Waals surface area contributed by atoms with E-state index in [4.69, 9.17) is 14.2 Å². The molecule has 5 rings (SSSR count). The van der Waals surface area contributed by atoms with Gasteiger partial charge in [-0.3, -0.25) is 4.79 Å². The molecule has 0 radical (unpaired) electrons. The Kier molecular flexibility index (Phi) is 6.57. The normalized spacial score (nSPS) is 43.4. The standard InChI is InChI=1S/C29H38O10/c1-14-17(31)12-28(26(3,4)35)20(14)21(33)23(39-25(34)16-9-7-6-8-10-16)27(5)19(38-15(2)30)11-18(32)29(36)13-37-24(28)22(27)29/h6-10,17-19,21-24,31-33,35-36H,11-13H2,1-5H3/t17-,18-,19-,21+,22-,23-,24-,27+,28-,29-/m0/s1. The molecule has 0 amide bonds. The van der Waals surface area contributed by atoms with Gasteiger partial charge in [0.2, 0.25) is 0 Å². The van der Waals surface area contributed by atoms with Gasteiger partial charge in [-0.1, -0.05) is 25.1 Å². The van der Waals surface area contributed by atoms with Gasteiger partial charge in [0, 0.05) is 19.3 Å². The zero-order valence-corrected chi connectivity index (χ0v) is 22.8. The molecular formula is C29H38O10. The van der Waals surface area contributed by atoms with Crippen LogP contribution in [0.25, 0.3) is 0 Å². The summed E-state index contributed by atoms with van der Waals surface area (Å²) in [6.45, 7) is 7.30. The molecule has 3 fully saturated rings. The Bertz CT molecular complexity index is 1190. The van der Waals surface area contributed by atoms with Crippen molar-refractivity contribution >= 4 is 11.9 Å². The number of rotatable bonds is 4. The number of fused-ring (bicyclic) bond motifs is 2. The molecule has 214 valence electrons. The van der Waals surface area contributed by atoms with Gasteiger partial charge in [0.05, 0.1) is 46.9 Å². The van der Waals surface area contributed by atoms with Gasteiger partial charge in [-0.15, -0.1) is 0 Å². The van der Waals surface area contributed by atoms with Crippen LogP contribution in [0, 0.1) is 16.7 Å². The number of benzene rings is 1. The Hall–Kier alpha value is -2.34. The van der Waals surface area contributed by atoms with Gasteiger partial charge in [0.25, 0.3) is 0 Å². The smallest absolute Gasteiger partial charge is 0.338 e. The van der Waals surface area contributed by atoms with E-state index in [0.717, 1.165) is 0 Å². The fourth-order valence-electron chi connectivity index (χ4n) is 8.10. The molecule has 0 spiro atoms. The van der Waals surface area contributed by atoms with Crippen LogP contribution < -0.4 is 0 Å². The highest BCUT2D eigenvalue weighted by molar-refractivity contribution is 5.89. The van der Waals surface area contributed by atoms with Crippen LogP contribution in [0.5, 0.6) is 0 Å². The zero-order valence-electron chi connectivity index (χ0n) is 22.8. The Morgan fingerprint density at radius 1 is 1.10 bits per heavy atom. The lowest BCUT2D eigenvalue weighted by Crippen LogP contribution is -2.69. The molecule has 1 aliphatic heterocycles. The van der Waals surface area contributed by atoms with Crippen LogP contribution in [0.15, 0.2) is 41.5 Å². The second-order valence-corrected chi connectivity index (χ2v) is 12.4. The highest BCUT2D eigenvalue weighted by atomic mass is 16.6. The fraction of sp³-hybridized carbons (Fsp3) is 0.655. The lowest BCUT2D eigenvalue weighted by Gasteiger charge is -2.56. The predicted octanol–water partition coefficient (Wildman–Crippen LogP) is 0.874. The molecule has 3 aliphatic carbocycles. The Balaban J connectivity index is 1.79. The van der Waals surface area contributed by atoms with Crippen molar-refractivity contribution in [3.05, 3.63) is 47.0 Å². The van der Waals surface area contributed by atoms with Crippen LogP contribution in [0.3, 0.4) is 0 Å². The largest absolute Gasteiger partial charge is 0.462 e. The first kappa shape index (κ1) is 28.2. The van der Waals surface area contributed by atoms with E-state index < -0.39 is 76.5 Å². The molecule has 0 aromatic heterocycles. The molecule has 4 aliphatic rings. The highest BCUT2D eigenvalue weighted by Crippen LogP contribution is 2.68. The monoisotopic (exact) mass is 546 g/mol. The minimum atomic E-state index is -1.89. The molecule has 1 heterocycles. The van der Waals surface area contributed by atoms with Crippen molar-refractivity contribution in [2.75, 3.05) is 6.61 Å². The van der Waals surface area contributed by atoms with Gasteiger partial charge in [0.1, 0.15) is 23.9 Å². The average molecular weight is 547 g/mol. The van der Waals surface area contributed by atoms with Crippen molar-refractivity contribution in [1.29, 1.82) is 0 Å². The number of esters is 2. The molecule has 1 aromatic carbocycles. The molecule has 0 bridgehead atoms. The van der Waals surface area contributed by atoms with Gasteiger partial charge in [-0.05, 0) is 50.5 Å². The summed E-state index contributed by atoms with van der Waals surface area (Å²) in [5, 5.41) is 58.2. The minimum absolute atomic E-state index is 0.0320. The molecule has 10 nitrogen and oxygen atoms in total. The maximum atomic E-state index is 13.5. The van der Waals surface area contributed by atoms with Crippen molar-refractivity contribution < 1.29 is 49.3 Å². The van der Waals surface area contributed by atoms with Crippen molar-refractivity contribution in [2.24, 2.45) is 16.7 Å². The van der Waals surface area contributed by atoms with Crippen LogP contribution in [0.4, 0.5) is 0 Å². The van der Waals surface area contributed by atoms with Crippen LogP contribution in [-0.2, 0) is 19.0 Å². The van der Waals surface area contributed by atoms with E-state index in [2.05, 4.69) is 0 Å². The first-order chi connectivity index (χ1) is 18.1. The number of hydrogen-bond donors (Lipinski definition) is 5. The van der Waals surface area contributed by atoms with Gasteiger partial charge in [-0.2, -0.15) is 0 Å². The highest BCUT2D eigenvalue weighted by Gasteiger charge is 2.78. The van der Waals surface area contributed by atoms with Crippen molar-refractivity contribution in [1.82, 2.24) is 0 Å². The van der Waals surface area contributed by atoms with Crippen molar-refractivity contribution in [3.63, 3.8) is 0 Å². The SMILES string of the molecule is CC(=O)O[C@H]1C[C@H](O)[C@@]2(O)CO[C@H]3[C@H]2[C@]1(C)[C@@H](OC(=O)c1ccccc1)[C@H](O)C1=C(C)[C@@H](O)C[C@]13C(C)(C)O. The van der Waals surface area contributed by atoms with Crippen LogP contribution in [0.1, 0.15) is 57.8 Å². The number of carbonyl (C=O) groups is 2. The van der Waals surface area contributed by atoms with E-state index in [-0.39, 0.29) is 30.6 Å². The fourth-order valence-corrected chi connectivity index (χ4v) is 8.10. The molecular weight excluding hydrogens is 508 g/mol. The van der Waals surface area contributed by atoms with Crippen molar-refractivity contribution in [2.45, 2.75) is 95.3 Å². The van der Waals surface area contributed by atoms with E-state index in [0.29, 0.717) is 5.57 Å². The molecule has 2 saturated carbocycles. The molecule has 10 atom stereocenters. The van der Waals surface area contributed by atoms with E-state index in [1.54, 1.807) is 58.0 Å². The zero-order chi connectivity index (χ0) is 28.7. The van der Waals surface area contributed by atoms with Crippen molar-refractivity contribution in [3.8, 4) is 0 Å². The summed E-state index contributed by atoms with van der Waals surface area (Å²) >= 11 is 0. The Morgan fingerprint density at radius 3 is 2.33 bits per heavy atom. The summed E-state index contributed by atoms with van der Waals surface area (Å²) in [5.74, 6) is -2.48. The number of carbonyl (C=O) groups excluding carboxylic acids is 2. The molecule has 39 heavy (non-hydrogen) atoms. The minimum Gasteiger partial charge on any atom is -0.462 e. The number of aliphatic hydroxyl groups is 5. The topological polar surface area (TPSA) is 163 Å². The third kappa shape index (κ3) is 3.76. The molecule has 5 N–H and O–H groups in total. The second-order valence-electron chi connectivity index (χ2n) is 12.4. The number of aliphatic hydroxyl groups excluding tert-OH is 3. The van der Waals surface area contributed by atoms with Crippen LogP contribution in [0.2, 0.25) is 0 Å². The van der Waals surface area contributed by atoms with Crippen LogP contribution in [-0.4, -0.2) is 91.9 Å². The first-order valence-corrected chi connectivity index (χ1v) is 13.4. The molecule has 1 saturated heterocycles. The maximum absolute atomic E-state index is 13.5.